The van der Waals surface area contributed by atoms with E-state index in [9.17, 15) is 19.2 Å². The van der Waals surface area contributed by atoms with E-state index in [1.165, 1.54) is 6.07 Å². The fourth-order valence-corrected chi connectivity index (χ4v) is 8.94. The number of amides is 5. The quantitative estimate of drug-likeness (QED) is 0.234. The number of pyridine rings is 2. The second-order valence-corrected chi connectivity index (χ2v) is 17.8. The summed E-state index contributed by atoms with van der Waals surface area (Å²) in [6, 6.07) is 14.7. The number of anilines is 6. The maximum Gasteiger partial charge on any atom is 0.415 e. The molecular formula is C46H53FN10O6. The number of carbonyl (C=O) groups excluding carboxylic acids is 4. The molecule has 5 aliphatic rings. The second kappa shape index (κ2) is 17.0. The van der Waals surface area contributed by atoms with Crippen LogP contribution in [0.25, 0.3) is 0 Å². The van der Waals surface area contributed by atoms with Crippen LogP contribution in [0, 0.1) is 12.7 Å². The summed E-state index contributed by atoms with van der Waals surface area (Å²) in [6.07, 6.45) is 4.26. The van der Waals surface area contributed by atoms with E-state index in [1.807, 2.05) is 69.1 Å². The third-order valence-corrected chi connectivity index (χ3v) is 12.4. The average molecular weight is 861 g/mol. The van der Waals surface area contributed by atoms with Crippen molar-refractivity contribution in [1.82, 2.24) is 25.1 Å². The van der Waals surface area contributed by atoms with Gasteiger partial charge in [0.1, 0.15) is 29.5 Å². The molecule has 0 bridgehead atoms. The molecule has 2 aromatic carbocycles. The van der Waals surface area contributed by atoms with Crippen molar-refractivity contribution in [2.75, 3.05) is 90.4 Å². The number of urea groups is 1. The van der Waals surface area contributed by atoms with E-state index in [0.29, 0.717) is 74.0 Å². The summed E-state index contributed by atoms with van der Waals surface area (Å²) < 4.78 is 27.1. The number of ether oxygens (including phenoxy) is 2. The van der Waals surface area contributed by atoms with Crippen molar-refractivity contribution in [2.45, 2.75) is 65.1 Å². The van der Waals surface area contributed by atoms with Crippen LogP contribution in [-0.2, 0) is 33.7 Å². The van der Waals surface area contributed by atoms with E-state index < -0.39 is 23.5 Å². The molecule has 17 heteroatoms. The van der Waals surface area contributed by atoms with Crippen molar-refractivity contribution in [3.05, 3.63) is 89.0 Å². The number of piperazine rings is 1. The van der Waals surface area contributed by atoms with Crippen molar-refractivity contribution < 1.29 is 33.0 Å². The molecule has 0 spiro atoms. The number of hydrogen-bond donors (Lipinski definition) is 2. The van der Waals surface area contributed by atoms with Crippen molar-refractivity contribution in [3.63, 3.8) is 0 Å². The highest BCUT2D eigenvalue weighted by Gasteiger charge is 2.36. The van der Waals surface area contributed by atoms with Gasteiger partial charge in [0.2, 0.25) is 17.7 Å². The molecule has 2 N–H and O–H groups in total. The lowest BCUT2D eigenvalue weighted by molar-refractivity contribution is -0.132. The van der Waals surface area contributed by atoms with E-state index in [0.717, 1.165) is 72.9 Å². The minimum Gasteiger partial charge on any atom is -0.474 e. The predicted octanol–water partition coefficient (Wildman–Crippen LogP) is 5.39. The Morgan fingerprint density at radius 3 is 2.38 bits per heavy atom. The van der Waals surface area contributed by atoms with Crippen LogP contribution in [0.1, 0.15) is 49.4 Å². The van der Waals surface area contributed by atoms with Gasteiger partial charge < -0.3 is 29.5 Å². The zero-order valence-electron chi connectivity index (χ0n) is 36.2. The van der Waals surface area contributed by atoms with Crippen LogP contribution < -0.4 is 35.0 Å². The Labute approximate surface area is 365 Å². The zero-order chi connectivity index (χ0) is 44.0. The van der Waals surface area contributed by atoms with Gasteiger partial charge in [-0.25, -0.2) is 23.9 Å². The van der Waals surface area contributed by atoms with Crippen LogP contribution in [0.15, 0.2) is 60.9 Å². The number of halogens is 1. The number of imide groups is 1. The molecule has 0 unspecified atom stereocenters. The molecule has 63 heavy (non-hydrogen) atoms. The van der Waals surface area contributed by atoms with Gasteiger partial charge in [-0.05, 0) is 93.3 Å². The normalized spacial score (nSPS) is 18.3. The summed E-state index contributed by atoms with van der Waals surface area (Å²) >= 11 is 0. The lowest BCUT2D eigenvalue weighted by atomic mass is 10.0. The lowest BCUT2D eigenvalue weighted by Crippen LogP contribution is -2.63. The monoisotopic (exact) mass is 860 g/mol. The number of rotatable bonds is 8. The molecule has 4 aromatic rings. The van der Waals surface area contributed by atoms with Gasteiger partial charge in [0, 0.05) is 100 Å². The van der Waals surface area contributed by atoms with Gasteiger partial charge in [-0.1, -0.05) is 6.07 Å². The van der Waals surface area contributed by atoms with Gasteiger partial charge in [0.05, 0.1) is 24.8 Å². The molecule has 2 aromatic heterocycles. The van der Waals surface area contributed by atoms with Crippen molar-refractivity contribution in [2.24, 2.45) is 0 Å². The Balaban J connectivity index is 0.761. The summed E-state index contributed by atoms with van der Waals surface area (Å²) in [6.45, 7) is 14.3. The summed E-state index contributed by atoms with van der Waals surface area (Å²) in [4.78, 5) is 71.4. The Bertz CT molecular complexity index is 2430. The van der Waals surface area contributed by atoms with Gasteiger partial charge in [0.25, 0.3) is 0 Å². The molecule has 3 saturated heterocycles. The predicted molar refractivity (Wildman–Crippen MR) is 237 cm³/mol. The van der Waals surface area contributed by atoms with Crippen molar-refractivity contribution in [1.29, 1.82) is 0 Å². The van der Waals surface area contributed by atoms with E-state index >= 15 is 4.39 Å². The number of aromatic nitrogens is 2. The Kier molecular flexibility index (Phi) is 11.3. The molecule has 0 saturated carbocycles. The van der Waals surface area contributed by atoms with E-state index in [1.54, 1.807) is 28.1 Å². The first-order valence-corrected chi connectivity index (χ1v) is 21.7. The van der Waals surface area contributed by atoms with Crippen LogP contribution in [0.2, 0.25) is 0 Å². The fraction of sp³-hybridized carbons (Fsp3) is 0.435. The Morgan fingerprint density at radius 1 is 0.889 bits per heavy atom. The van der Waals surface area contributed by atoms with Crippen molar-refractivity contribution in [3.8, 4) is 5.88 Å². The maximum atomic E-state index is 15.5. The first-order valence-electron chi connectivity index (χ1n) is 21.7. The molecule has 3 fully saturated rings. The van der Waals surface area contributed by atoms with E-state index in [-0.39, 0.29) is 24.7 Å². The third-order valence-electron chi connectivity index (χ3n) is 12.4. The minimum absolute atomic E-state index is 0.0136. The molecule has 0 radical (unpaired) electrons. The number of nitrogens with zero attached hydrogens (tertiary/aromatic N) is 8. The van der Waals surface area contributed by atoms with Gasteiger partial charge in [0.15, 0.2) is 0 Å². The topological polar surface area (TPSA) is 156 Å². The highest BCUT2D eigenvalue weighted by molar-refractivity contribution is 6.05. The Hall–Kier alpha value is -6.49. The highest BCUT2D eigenvalue weighted by atomic mass is 19.1. The summed E-state index contributed by atoms with van der Waals surface area (Å²) in [7, 11) is 0. The molecular weight excluding hydrogens is 808 g/mol. The molecule has 7 heterocycles. The molecule has 9 rings (SSSR count). The number of nitrogens with one attached hydrogen (secondary N) is 2. The number of carbonyl (C=O) groups is 4. The molecule has 330 valence electrons. The molecule has 0 atom stereocenters. The fourth-order valence-electron chi connectivity index (χ4n) is 8.94. The lowest BCUT2D eigenvalue weighted by Gasteiger charge is -2.49. The number of fused-ring (bicyclic) bond motifs is 2. The number of benzene rings is 2. The van der Waals surface area contributed by atoms with Crippen LogP contribution in [0.3, 0.4) is 0 Å². The van der Waals surface area contributed by atoms with Crippen LogP contribution in [0.4, 0.5) is 48.2 Å². The van der Waals surface area contributed by atoms with Crippen LogP contribution >= 0.6 is 0 Å². The highest BCUT2D eigenvalue weighted by Crippen LogP contribution is 2.40. The molecule has 5 aliphatic heterocycles. The largest absolute Gasteiger partial charge is 0.474 e. The molecule has 0 aliphatic carbocycles. The van der Waals surface area contributed by atoms with Crippen LogP contribution in [-0.4, -0.2) is 121 Å². The summed E-state index contributed by atoms with van der Waals surface area (Å²) in [5.41, 5.74) is 6.69. The smallest absolute Gasteiger partial charge is 0.415 e. The van der Waals surface area contributed by atoms with Gasteiger partial charge in [-0.3, -0.25) is 29.6 Å². The summed E-state index contributed by atoms with van der Waals surface area (Å²) in [5, 5.41) is 5.61. The third kappa shape index (κ3) is 8.92. The van der Waals surface area contributed by atoms with Gasteiger partial charge >= 0.3 is 12.1 Å². The minimum atomic E-state index is -0.641. The molecule has 16 nitrogen and oxygen atoms in total. The van der Waals surface area contributed by atoms with E-state index in [4.69, 9.17) is 9.47 Å². The average Bonchev–Trinajstić information content (AvgIpc) is 3.24. The Morgan fingerprint density at radius 2 is 1.65 bits per heavy atom. The standard InChI is InChI=1S/C46H53FN10O6/c1-29-38(25-49-43-42(29)57(19-20-62-43)45(61)63-46(2,3)4)54-13-11-31-24-48-39(21-32(31)26-54)50-33-6-5-30(37(47)23-33)22-41(59)53-17-15-52(16-18-53)36-27-55(28-36)34-7-9-35(10-8-34)56-14-12-40(58)51-44(56)60/h5-10,21,23-25,36H,11-20,22,26-28H2,1-4H3,(H,48,50)(H,51,58,60). The zero-order valence-corrected chi connectivity index (χ0v) is 36.2. The molecule has 5 amide bonds. The van der Waals surface area contributed by atoms with Gasteiger partial charge in [-0.2, -0.15) is 0 Å². The number of hydrogen-bond acceptors (Lipinski definition) is 12. The first-order chi connectivity index (χ1) is 30.3. The van der Waals surface area contributed by atoms with Crippen LogP contribution in [0.5, 0.6) is 5.88 Å². The second-order valence-electron chi connectivity index (χ2n) is 17.8. The SMILES string of the molecule is Cc1c(N2CCc3cnc(Nc4ccc(CC(=O)N5CCN(C6CN(c7ccc(N8CCC(=O)NC8=O)cc7)C6)CC5)c(F)c4)cc3C2)cnc2c1N(C(=O)OC(C)(C)C)CCO2. The maximum absolute atomic E-state index is 15.5. The van der Waals surface area contributed by atoms with Crippen molar-refractivity contribution >= 4 is 58.2 Å². The van der Waals surface area contributed by atoms with Gasteiger partial charge in [-0.15, -0.1) is 0 Å². The van der Waals surface area contributed by atoms with E-state index in [2.05, 4.69) is 35.3 Å². The first kappa shape index (κ1) is 41.8. The summed E-state index contributed by atoms with van der Waals surface area (Å²) in [5.74, 6) is 0.199.